The van der Waals surface area contributed by atoms with E-state index < -0.39 is 32.5 Å². The summed E-state index contributed by atoms with van der Waals surface area (Å²) in [5, 5.41) is 0. The number of carbonyl (C=O) groups excluding carboxylic acids is 2. The van der Waals surface area contributed by atoms with Crippen LogP contribution in [0.15, 0.2) is 72.9 Å². The lowest BCUT2D eigenvalue weighted by Gasteiger charge is -2.19. The molecule has 2 atom stereocenters. The summed E-state index contributed by atoms with van der Waals surface area (Å²) < 4.78 is 32.8. The van der Waals surface area contributed by atoms with Crippen molar-refractivity contribution in [2.45, 2.75) is 213 Å². The number of nitrogens with two attached hydrogens (primary N) is 1. The largest absolute Gasteiger partial charge is 0.472 e. The first-order valence-electron chi connectivity index (χ1n) is 24.4. The van der Waals surface area contributed by atoms with Gasteiger partial charge in [0.1, 0.15) is 6.61 Å². The lowest BCUT2D eigenvalue weighted by atomic mass is 10.0. The third kappa shape index (κ3) is 46.8. The highest BCUT2D eigenvalue weighted by Crippen LogP contribution is 2.43. The zero-order valence-electron chi connectivity index (χ0n) is 38.9. The summed E-state index contributed by atoms with van der Waals surface area (Å²) in [7, 11) is -4.38. The van der Waals surface area contributed by atoms with Gasteiger partial charge in [0.05, 0.1) is 13.2 Å². The predicted octanol–water partition coefficient (Wildman–Crippen LogP) is 14.6. The van der Waals surface area contributed by atoms with E-state index >= 15 is 0 Å². The normalized spacial score (nSPS) is 13.8. The average molecular weight is 876 g/mol. The molecule has 0 fully saturated rings. The number of ether oxygens (including phenoxy) is 2. The van der Waals surface area contributed by atoms with E-state index in [4.69, 9.17) is 24.3 Å². The highest BCUT2D eigenvalue weighted by molar-refractivity contribution is 7.47. The maximum absolute atomic E-state index is 12.6. The van der Waals surface area contributed by atoms with Crippen molar-refractivity contribution >= 4 is 19.8 Å². The van der Waals surface area contributed by atoms with Crippen molar-refractivity contribution in [2.75, 3.05) is 26.4 Å². The van der Waals surface area contributed by atoms with Crippen LogP contribution in [-0.4, -0.2) is 49.3 Å². The summed E-state index contributed by atoms with van der Waals surface area (Å²) in [4.78, 5) is 35.0. The molecule has 0 aliphatic carbocycles. The Balaban J connectivity index is 4.04. The number of rotatable bonds is 45. The first kappa shape index (κ1) is 58.5. The number of hydrogen-bond acceptors (Lipinski definition) is 8. The molecule has 9 nitrogen and oxygen atoms in total. The monoisotopic (exact) mass is 876 g/mol. The fraction of sp³-hybridized carbons (Fsp3) is 0.725. The van der Waals surface area contributed by atoms with Gasteiger partial charge < -0.3 is 20.1 Å². The van der Waals surface area contributed by atoms with Crippen molar-refractivity contribution in [3.8, 4) is 0 Å². The van der Waals surface area contributed by atoms with Crippen molar-refractivity contribution in [3.05, 3.63) is 72.9 Å². The van der Waals surface area contributed by atoms with E-state index in [1.54, 1.807) is 0 Å². The molecule has 0 saturated heterocycles. The van der Waals surface area contributed by atoms with Gasteiger partial charge in [-0.2, -0.15) is 0 Å². The maximum Gasteiger partial charge on any atom is 0.472 e. The molecule has 352 valence electrons. The van der Waals surface area contributed by atoms with Gasteiger partial charge in [-0.3, -0.25) is 18.6 Å². The summed E-state index contributed by atoms with van der Waals surface area (Å²) in [5.74, 6) is -0.844. The summed E-state index contributed by atoms with van der Waals surface area (Å²) >= 11 is 0. The molecule has 0 aliphatic rings. The lowest BCUT2D eigenvalue weighted by molar-refractivity contribution is -0.161. The van der Waals surface area contributed by atoms with E-state index in [1.165, 1.54) is 77.0 Å². The summed E-state index contributed by atoms with van der Waals surface area (Å²) in [6.45, 7) is 3.59. The van der Waals surface area contributed by atoms with Crippen molar-refractivity contribution in [3.63, 3.8) is 0 Å². The van der Waals surface area contributed by atoms with E-state index in [1.807, 2.05) is 0 Å². The van der Waals surface area contributed by atoms with Crippen molar-refractivity contribution < 1.29 is 37.6 Å². The molecular formula is C51H90NO8P. The molecule has 0 spiro atoms. The molecule has 0 aromatic heterocycles. The van der Waals surface area contributed by atoms with E-state index in [-0.39, 0.29) is 32.6 Å². The Kier molecular flexibility index (Phi) is 45.0. The molecule has 0 rings (SSSR count). The first-order valence-corrected chi connectivity index (χ1v) is 25.9. The average Bonchev–Trinajstić information content (AvgIpc) is 3.25. The quantitative estimate of drug-likeness (QED) is 0.0265. The van der Waals surface area contributed by atoms with Gasteiger partial charge in [0, 0.05) is 19.4 Å². The highest BCUT2D eigenvalue weighted by Gasteiger charge is 2.26. The van der Waals surface area contributed by atoms with Crippen LogP contribution < -0.4 is 5.73 Å². The van der Waals surface area contributed by atoms with Gasteiger partial charge in [-0.15, -0.1) is 0 Å². The lowest BCUT2D eigenvalue weighted by Crippen LogP contribution is -2.29. The summed E-state index contributed by atoms with van der Waals surface area (Å²) in [5.41, 5.74) is 5.36. The predicted molar refractivity (Wildman–Crippen MR) is 256 cm³/mol. The Morgan fingerprint density at radius 2 is 0.902 bits per heavy atom. The van der Waals surface area contributed by atoms with Crippen LogP contribution in [0.1, 0.15) is 206 Å². The Labute approximate surface area is 373 Å². The fourth-order valence-electron chi connectivity index (χ4n) is 6.48. The third-order valence-corrected chi connectivity index (χ3v) is 11.1. The summed E-state index contributed by atoms with van der Waals surface area (Å²) in [6.07, 6.45) is 58.0. The van der Waals surface area contributed by atoms with Crippen LogP contribution in [0.3, 0.4) is 0 Å². The molecule has 2 unspecified atom stereocenters. The van der Waals surface area contributed by atoms with Crippen molar-refractivity contribution in [1.29, 1.82) is 0 Å². The minimum atomic E-state index is -4.38. The minimum absolute atomic E-state index is 0.0493. The molecule has 61 heavy (non-hydrogen) atoms. The zero-order chi connectivity index (χ0) is 44.6. The van der Waals surface area contributed by atoms with Crippen LogP contribution in [0.2, 0.25) is 0 Å². The van der Waals surface area contributed by atoms with E-state index in [0.717, 1.165) is 96.3 Å². The number of esters is 2. The topological polar surface area (TPSA) is 134 Å². The molecule has 0 aliphatic heterocycles. The van der Waals surface area contributed by atoms with Crippen molar-refractivity contribution in [2.24, 2.45) is 5.73 Å². The first-order chi connectivity index (χ1) is 29.8. The molecule has 0 bridgehead atoms. The van der Waals surface area contributed by atoms with Crippen LogP contribution in [0.4, 0.5) is 0 Å². The molecular weight excluding hydrogens is 786 g/mol. The van der Waals surface area contributed by atoms with Gasteiger partial charge in [0.25, 0.3) is 0 Å². The molecule has 0 saturated carbocycles. The maximum atomic E-state index is 12.6. The number of carbonyl (C=O) groups is 2. The Bertz CT molecular complexity index is 1230. The van der Waals surface area contributed by atoms with Crippen LogP contribution in [-0.2, 0) is 32.7 Å². The Morgan fingerprint density at radius 3 is 1.36 bits per heavy atom. The molecule has 10 heteroatoms. The second kappa shape index (κ2) is 46.9. The molecule has 0 aromatic rings. The van der Waals surface area contributed by atoms with Crippen LogP contribution in [0.25, 0.3) is 0 Å². The number of phosphoric ester groups is 1. The second-order valence-electron chi connectivity index (χ2n) is 15.9. The smallest absolute Gasteiger partial charge is 0.462 e. The van der Waals surface area contributed by atoms with E-state index in [2.05, 4.69) is 86.8 Å². The zero-order valence-corrected chi connectivity index (χ0v) is 39.8. The number of phosphoric acid groups is 1. The van der Waals surface area contributed by atoms with Gasteiger partial charge >= 0.3 is 19.8 Å². The van der Waals surface area contributed by atoms with E-state index in [9.17, 15) is 19.0 Å². The van der Waals surface area contributed by atoms with Gasteiger partial charge in [0.2, 0.25) is 0 Å². The van der Waals surface area contributed by atoms with Crippen LogP contribution in [0.5, 0.6) is 0 Å². The van der Waals surface area contributed by atoms with Gasteiger partial charge in [-0.25, -0.2) is 4.57 Å². The molecule has 3 N–H and O–H groups in total. The van der Waals surface area contributed by atoms with Gasteiger partial charge in [-0.05, 0) is 83.5 Å². The molecule has 0 aromatic carbocycles. The number of hydrogen-bond donors (Lipinski definition) is 2. The Morgan fingerprint density at radius 1 is 0.508 bits per heavy atom. The SMILES string of the molecule is CC/C=C\C/C=C\C/C=C\C/C=C\C/C=C\CCCCCCCCCCCCCC(=O)OC(COC(=O)CCCCCCC/C=C\CCCCCC)COP(=O)(O)OCCN. The van der Waals surface area contributed by atoms with Crippen LogP contribution in [0, 0.1) is 0 Å². The van der Waals surface area contributed by atoms with Crippen molar-refractivity contribution in [1.82, 2.24) is 0 Å². The number of allylic oxidation sites excluding steroid dienone is 12. The molecule has 0 heterocycles. The summed E-state index contributed by atoms with van der Waals surface area (Å²) in [6, 6.07) is 0. The van der Waals surface area contributed by atoms with Gasteiger partial charge in [0.15, 0.2) is 6.10 Å². The minimum Gasteiger partial charge on any atom is -0.462 e. The standard InChI is InChI=1S/C51H90NO8P/c1-3-5-7-9-11-13-15-17-18-19-20-21-22-23-24-25-26-27-28-29-30-32-34-36-38-40-42-44-51(54)60-49(48-59-61(55,56)58-46-45-52)47-57-50(53)43-41-39-37-35-33-31-16-14-12-10-8-6-4-2/h5,7,11,13-14,16-18,20-21,23-24,49H,3-4,6,8-10,12,15,19,22,25-48,52H2,1-2H3,(H,55,56)/b7-5-,13-11-,16-14-,18-17-,21-20-,24-23-. The van der Waals surface area contributed by atoms with Gasteiger partial charge in [-0.1, -0.05) is 183 Å². The molecule has 0 amide bonds. The second-order valence-corrected chi connectivity index (χ2v) is 17.4. The van der Waals surface area contributed by atoms with E-state index in [0.29, 0.717) is 6.42 Å². The fourth-order valence-corrected chi connectivity index (χ4v) is 7.24. The molecule has 0 radical (unpaired) electrons. The van der Waals surface area contributed by atoms with Crippen LogP contribution >= 0.6 is 7.82 Å². The number of unbranched alkanes of at least 4 members (excludes halogenated alkanes) is 20. The third-order valence-electron chi connectivity index (χ3n) is 10.1. The Hall–Kier alpha value is -2.55. The highest BCUT2D eigenvalue weighted by atomic mass is 31.2.